The van der Waals surface area contributed by atoms with Crippen molar-refractivity contribution < 1.29 is 17.4 Å². The lowest BCUT2D eigenvalue weighted by Crippen LogP contribution is -2.21. The zero-order valence-electron chi connectivity index (χ0n) is 8.93. The Morgan fingerprint density at radius 3 is 2.16 bits per heavy atom. The van der Waals surface area contributed by atoms with Crippen molar-refractivity contribution in [2.45, 2.75) is 14.9 Å². The van der Waals surface area contributed by atoms with Crippen LogP contribution in [0.4, 0.5) is 0 Å². The fourth-order valence-electron chi connectivity index (χ4n) is 1.61. The molecule has 19 heavy (non-hydrogen) atoms. The minimum absolute atomic E-state index is 0. The number of hydrogen-bond donors (Lipinski definition) is 1. The quantitative estimate of drug-likeness (QED) is 0.845. The van der Waals surface area contributed by atoms with E-state index in [0.717, 1.165) is 13.2 Å². The Balaban J connectivity index is 0.00000162. The monoisotopic (exact) mass is 283 g/mol. The number of benzene rings is 1. The molecule has 104 valence electrons. The zero-order chi connectivity index (χ0) is 12.6. The van der Waals surface area contributed by atoms with E-state index < -0.39 is 15.9 Å². The second kappa shape index (κ2) is 5.90. The first-order valence-electron chi connectivity index (χ1n) is 4.72. The molecule has 0 bridgehead atoms. The topological polar surface area (TPSA) is 84.3 Å². The molecule has 5 nitrogen and oxygen atoms in total. The summed E-state index contributed by atoms with van der Waals surface area (Å²) in [6.45, 7) is 0. The Morgan fingerprint density at radius 1 is 1.11 bits per heavy atom. The van der Waals surface area contributed by atoms with E-state index in [1.165, 1.54) is 12.1 Å². The predicted octanol–water partition coefficient (Wildman–Crippen LogP) is 2.49. The largest absolute Gasteiger partial charge is 0.297 e. The normalized spacial score (nSPS) is 13.8. The van der Waals surface area contributed by atoms with Gasteiger partial charge in [-0.1, -0.05) is 39.1 Å². The molecule has 0 amide bonds. The number of hydrogen-bond acceptors (Lipinski definition) is 5. The molecule has 0 heterocycles. The average Bonchev–Trinajstić information content (AvgIpc) is 2.33. The lowest BCUT2D eigenvalue weighted by Gasteiger charge is -2.16. The third kappa shape index (κ3) is 2.80. The summed E-state index contributed by atoms with van der Waals surface area (Å²) in [5.41, 5.74) is 0.116. The maximum absolute atomic E-state index is 11.7. The fourth-order valence-corrected chi connectivity index (χ4v) is 2.50. The van der Waals surface area contributed by atoms with Gasteiger partial charge in [-0.3, -0.25) is 14.4 Å². The fraction of sp³-hybridized carbons (Fsp3) is 0.231. The van der Waals surface area contributed by atoms with Crippen molar-refractivity contribution in [1.29, 1.82) is 5.41 Å². The zero-order valence-corrected chi connectivity index (χ0v) is 9.74. The van der Waals surface area contributed by atoms with Crippen LogP contribution in [0.1, 0.15) is 30.8 Å². The predicted molar refractivity (Wildman–Crippen MR) is 75.9 cm³/mol. The summed E-state index contributed by atoms with van der Waals surface area (Å²) < 4.78 is 27.8. The molecule has 6 heteroatoms. The van der Waals surface area contributed by atoms with Gasteiger partial charge >= 0.3 is 0 Å². The standard InChI is InChI=1S/C11H9NO4S.2CH4/c1-16-17(14,15)10-6-9(12)11(13)8-5-3-2-4-7(8)10;;/h2-6,12H,1H3;2*1H4. The van der Waals surface area contributed by atoms with Gasteiger partial charge < -0.3 is 0 Å². The second-order valence-corrected chi connectivity index (χ2v) is 5.10. The summed E-state index contributed by atoms with van der Waals surface area (Å²) in [5.74, 6) is -0.490. The summed E-state index contributed by atoms with van der Waals surface area (Å²) in [5, 5.41) is 7.47. The Kier molecular flexibility index (Phi) is 5.34. The van der Waals surface area contributed by atoms with Crippen molar-refractivity contribution in [2.75, 3.05) is 7.11 Å². The van der Waals surface area contributed by atoms with Crippen molar-refractivity contribution in [2.24, 2.45) is 0 Å². The van der Waals surface area contributed by atoms with Crippen molar-refractivity contribution in [3.05, 3.63) is 41.5 Å². The molecule has 0 atom stereocenters. The number of rotatable bonds is 2. The molecule has 0 fully saturated rings. The molecule has 0 aliphatic heterocycles. The van der Waals surface area contributed by atoms with Crippen molar-refractivity contribution in [3.8, 4) is 0 Å². The van der Waals surface area contributed by atoms with Crippen molar-refractivity contribution in [1.82, 2.24) is 0 Å². The molecule has 2 rings (SSSR count). The molecule has 0 saturated heterocycles. The van der Waals surface area contributed by atoms with E-state index in [4.69, 9.17) is 5.41 Å². The smallest absolute Gasteiger partial charge is 0.297 e. The van der Waals surface area contributed by atoms with Gasteiger partial charge in [-0.25, -0.2) is 0 Å². The summed E-state index contributed by atoms with van der Waals surface area (Å²) in [6, 6.07) is 6.25. The maximum Gasteiger partial charge on any atom is 0.297 e. The summed E-state index contributed by atoms with van der Waals surface area (Å²) in [7, 11) is -2.88. The van der Waals surface area contributed by atoms with E-state index in [0.29, 0.717) is 0 Å². The van der Waals surface area contributed by atoms with Crippen molar-refractivity contribution >= 4 is 26.5 Å². The minimum atomic E-state index is -3.92. The van der Waals surface area contributed by atoms with Crippen LogP contribution in [0.2, 0.25) is 0 Å². The molecule has 0 unspecified atom stereocenters. The first kappa shape index (κ1) is 17.2. The van der Waals surface area contributed by atoms with E-state index in [1.807, 2.05) is 0 Å². The van der Waals surface area contributed by atoms with Gasteiger partial charge in [0, 0.05) is 11.1 Å². The number of fused-ring (bicyclic) bond motifs is 1. The Hall–Kier alpha value is -1.79. The van der Waals surface area contributed by atoms with Crippen LogP contribution in [0.5, 0.6) is 0 Å². The Bertz CT molecular complexity index is 644. The van der Waals surface area contributed by atoms with Crippen molar-refractivity contribution in [3.63, 3.8) is 0 Å². The highest BCUT2D eigenvalue weighted by Crippen LogP contribution is 2.29. The van der Waals surface area contributed by atoms with Gasteiger partial charge in [0.05, 0.1) is 7.11 Å². The number of Topliss-reactive ketones (excluding diaryl/α,β-unsaturated/α-hetero) is 1. The van der Waals surface area contributed by atoms with Gasteiger partial charge in [-0.2, -0.15) is 8.42 Å². The van der Waals surface area contributed by atoms with Crippen LogP contribution in [-0.2, 0) is 14.3 Å². The Labute approximate surface area is 113 Å². The number of carbonyl (C=O) groups excluding carboxylic acids is 1. The van der Waals surface area contributed by atoms with Gasteiger partial charge in [-0.05, 0) is 6.08 Å². The highest BCUT2D eigenvalue weighted by molar-refractivity contribution is 7.96. The minimum Gasteiger partial charge on any atom is -0.297 e. The average molecular weight is 283 g/mol. The Morgan fingerprint density at radius 2 is 1.63 bits per heavy atom. The molecule has 0 spiro atoms. The number of carbonyl (C=O) groups is 1. The van der Waals surface area contributed by atoms with E-state index in [-0.39, 0.29) is 36.6 Å². The maximum atomic E-state index is 11.7. The van der Waals surface area contributed by atoms with Gasteiger partial charge in [0.1, 0.15) is 10.6 Å². The van der Waals surface area contributed by atoms with Gasteiger partial charge in [0.25, 0.3) is 10.1 Å². The second-order valence-electron chi connectivity index (χ2n) is 3.42. The summed E-state index contributed by atoms with van der Waals surface area (Å²) >= 11 is 0. The van der Waals surface area contributed by atoms with Crippen LogP contribution >= 0.6 is 0 Å². The van der Waals surface area contributed by atoms with Gasteiger partial charge in [0.2, 0.25) is 5.78 Å². The molecule has 1 aromatic rings. The molecule has 1 aliphatic carbocycles. The van der Waals surface area contributed by atoms with E-state index >= 15 is 0 Å². The van der Waals surface area contributed by atoms with Gasteiger partial charge in [-0.15, -0.1) is 0 Å². The summed E-state index contributed by atoms with van der Waals surface area (Å²) in [4.78, 5) is 11.5. The highest BCUT2D eigenvalue weighted by Gasteiger charge is 2.30. The molecular weight excluding hydrogens is 266 g/mol. The molecule has 0 radical (unpaired) electrons. The first-order valence-corrected chi connectivity index (χ1v) is 6.13. The van der Waals surface area contributed by atoms with Gasteiger partial charge in [0.15, 0.2) is 0 Å². The van der Waals surface area contributed by atoms with Crippen LogP contribution < -0.4 is 0 Å². The number of nitrogens with one attached hydrogen (secondary N) is 1. The summed E-state index contributed by atoms with van der Waals surface area (Å²) in [6.07, 6.45) is 1.02. The lowest BCUT2D eigenvalue weighted by atomic mass is 9.95. The molecule has 1 aromatic carbocycles. The van der Waals surface area contributed by atoms with E-state index in [2.05, 4.69) is 4.18 Å². The molecule has 0 aromatic heterocycles. The first-order chi connectivity index (χ1) is 7.97. The molecular formula is C13H17NO4S. The lowest BCUT2D eigenvalue weighted by molar-refractivity contribution is 0.106. The molecule has 1 N–H and O–H groups in total. The van der Waals surface area contributed by atoms with E-state index in [1.54, 1.807) is 12.1 Å². The number of allylic oxidation sites excluding steroid dienone is 1. The third-order valence-electron chi connectivity index (χ3n) is 2.45. The van der Waals surface area contributed by atoms with E-state index in [9.17, 15) is 13.2 Å². The molecule has 1 aliphatic rings. The van der Waals surface area contributed by atoms with Crippen LogP contribution in [0.15, 0.2) is 30.3 Å². The van der Waals surface area contributed by atoms with Crippen LogP contribution in [0, 0.1) is 5.41 Å². The third-order valence-corrected chi connectivity index (χ3v) is 3.76. The molecule has 0 saturated carbocycles. The van der Waals surface area contributed by atoms with Crippen LogP contribution in [0.3, 0.4) is 0 Å². The SMILES string of the molecule is C.C.COS(=O)(=O)C1=CC(=N)C(=O)c2ccccc21. The van der Waals surface area contributed by atoms with Crippen LogP contribution in [-0.4, -0.2) is 27.0 Å². The number of ketones is 1. The van der Waals surface area contributed by atoms with Crippen LogP contribution in [0.25, 0.3) is 4.91 Å². The highest BCUT2D eigenvalue weighted by atomic mass is 32.2.